The Kier molecular flexibility index (Phi) is 4.54. The van der Waals surface area contributed by atoms with E-state index in [1.54, 1.807) is 0 Å². The second-order valence-corrected chi connectivity index (χ2v) is 6.66. The first-order chi connectivity index (χ1) is 9.33. The Morgan fingerprint density at radius 3 is 2.32 bits per heavy atom. The van der Waals surface area contributed by atoms with E-state index in [1.165, 1.54) is 51.9 Å². The first kappa shape index (κ1) is 13.6. The van der Waals surface area contributed by atoms with Crippen molar-refractivity contribution in [3.63, 3.8) is 0 Å². The molecule has 19 heavy (non-hydrogen) atoms. The highest BCUT2D eigenvalue weighted by atomic mass is 16.1. The molecule has 3 nitrogen and oxygen atoms in total. The molecule has 3 rings (SSSR count). The van der Waals surface area contributed by atoms with Gasteiger partial charge in [-0.25, -0.2) is 0 Å². The van der Waals surface area contributed by atoms with Gasteiger partial charge in [-0.05, 0) is 38.6 Å². The molecule has 0 spiro atoms. The van der Waals surface area contributed by atoms with Crippen molar-refractivity contribution in [3.05, 3.63) is 0 Å². The van der Waals surface area contributed by atoms with Crippen LogP contribution in [0.4, 0.5) is 0 Å². The van der Waals surface area contributed by atoms with Crippen molar-refractivity contribution < 1.29 is 4.79 Å². The summed E-state index contributed by atoms with van der Waals surface area (Å²) in [4.78, 5) is 16.9. The minimum absolute atomic E-state index is 0.396. The van der Waals surface area contributed by atoms with Crippen LogP contribution in [0.2, 0.25) is 0 Å². The van der Waals surface area contributed by atoms with Crippen LogP contribution in [-0.2, 0) is 4.79 Å². The average molecular weight is 264 g/mol. The molecule has 0 amide bonds. The summed E-state index contributed by atoms with van der Waals surface area (Å²) in [6.07, 6.45) is 9.98. The Bertz CT molecular complexity index is 304. The Morgan fingerprint density at radius 1 is 0.947 bits per heavy atom. The highest BCUT2D eigenvalue weighted by molar-refractivity contribution is 5.82. The van der Waals surface area contributed by atoms with Crippen LogP contribution in [-0.4, -0.2) is 54.3 Å². The summed E-state index contributed by atoms with van der Waals surface area (Å²) in [6.45, 7) is 6.09. The quantitative estimate of drug-likeness (QED) is 0.778. The fourth-order valence-corrected chi connectivity index (χ4v) is 4.15. The maximum atomic E-state index is 11.6. The summed E-state index contributed by atoms with van der Waals surface area (Å²) in [7, 11) is 0. The van der Waals surface area contributed by atoms with Crippen molar-refractivity contribution in [2.45, 2.75) is 57.4 Å². The lowest BCUT2D eigenvalue weighted by Crippen LogP contribution is -2.50. The zero-order valence-electron chi connectivity index (χ0n) is 12.1. The summed E-state index contributed by atoms with van der Waals surface area (Å²) >= 11 is 0. The van der Waals surface area contributed by atoms with Crippen molar-refractivity contribution >= 4 is 5.78 Å². The highest BCUT2D eigenvalue weighted by Crippen LogP contribution is 2.26. The molecular formula is C16H28N2O. The molecule has 1 aliphatic heterocycles. The van der Waals surface area contributed by atoms with E-state index in [1.807, 2.05) is 0 Å². The predicted octanol–water partition coefficient (Wildman–Crippen LogP) is 2.31. The lowest BCUT2D eigenvalue weighted by molar-refractivity contribution is -0.120. The zero-order valence-corrected chi connectivity index (χ0v) is 12.1. The van der Waals surface area contributed by atoms with E-state index >= 15 is 0 Å². The molecule has 3 aliphatic rings. The van der Waals surface area contributed by atoms with Crippen LogP contribution >= 0.6 is 0 Å². The fourth-order valence-electron chi connectivity index (χ4n) is 4.15. The molecule has 0 aromatic carbocycles. The summed E-state index contributed by atoms with van der Waals surface area (Å²) in [5, 5.41) is 0. The first-order valence-electron chi connectivity index (χ1n) is 8.32. The third kappa shape index (κ3) is 3.38. The van der Waals surface area contributed by atoms with Crippen molar-refractivity contribution in [3.8, 4) is 0 Å². The number of Topliss-reactive ketones (excluding diaryl/α,β-unsaturated/α-hetero) is 1. The molecule has 2 saturated carbocycles. The van der Waals surface area contributed by atoms with Gasteiger partial charge in [-0.2, -0.15) is 0 Å². The van der Waals surface area contributed by atoms with Gasteiger partial charge in [0.25, 0.3) is 0 Å². The smallest absolute Gasteiger partial charge is 0.136 e. The number of nitrogens with zero attached hydrogens (tertiary/aromatic N) is 2. The van der Waals surface area contributed by atoms with Crippen LogP contribution in [0.25, 0.3) is 0 Å². The Balaban J connectivity index is 1.37. The van der Waals surface area contributed by atoms with Gasteiger partial charge in [0, 0.05) is 44.6 Å². The Labute approximate surface area is 117 Å². The Hall–Kier alpha value is -0.410. The number of hydrogen-bond acceptors (Lipinski definition) is 3. The van der Waals surface area contributed by atoms with E-state index < -0.39 is 0 Å². The summed E-state index contributed by atoms with van der Waals surface area (Å²) in [6, 6.07) is 0.888. The van der Waals surface area contributed by atoms with E-state index in [0.29, 0.717) is 11.7 Å². The average Bonchev–Trinajstić information content (AvgIpc) is 3.09. The lowest BCUT2D eigenvalue weighted by Gasteiger charge is -2.38. The van der Waals surface area contributed by atoms with E-state index in [4.69, 9.17) is 0 Å². The molecule has 1 unspecified atom stereocenters. The van der Waals surface area contributed by atoms with Gasteiger partial charge in [0.05, 0.1) is 0 Å². The summed E-state index contributed by atoms with van der Waals surface area (Å²) in [5.41, 5.74) is 0. The molecule has 1 atom stereocenters. The van der Waals surface area contributed by atoms with Crippen LogP contribution in [0.1, 0.15) is 51.4 Å². The highest BCUT2D eigenvalue weighted by Gasteiger charge is 2.28. The topological polar surface area (TPSA) is 23.6 Å². The molecule has 1 heterocycles. The van der Waals surface area contributed by atoms with Crippen molar-refractivity contribution in [1.29, 1.82) is 0 Å². The molecule has 0 aromatic rings. The molecule has 0 radical (unpaired) electrons. The summed E-state index contributed by atoms with van der Waals surface area (Å²) < 4.78 is 0. The van der Waals surface area contributed by atoms with Gasteiger partial charge in [0.15, 0.2) is 0 Å². The first-order valence-corrected chi connectivity index (χ1v) is 8.32. The van der Waals surface area contributed by atoms with Gasteiger partial charge in [0.2, 0.25) is 0 Å². The van der Waals surface area contributed by atoms with Crippen LogP contribution in [0, 0.1) is 5.92 Å². The van der Waals surface area contributed by atoms with Gasteiger partial charge in [-0.1, -0.05) is 12.8 Å². The van der Waals surface area contributed by atoms with Crippen LogP contribution < -0.4 is 0 Å². The van der Waals surface area contributed by atoms with E-state index in [-0.39, 0.29) is 0 Å². The van der Waals surface area contributed by atoms with Crippen LogP contribution in [0.3, 0.4) is 0 Å². The monoisotopic (exact) mass is 264 g/mol. The van der Waals surface area contributed by atoms with Crippen molar-refractivity contribution in [2.24, 2.45) is 5.92 Å². The second kappa shape index (κ2) is 6.36. The van der Waals surface area contributed by atoms with Crippen LogP contribution in [0.5, 0.6) is 0 Å². The standard InChI is InChI=1S/C16H28N2O/c19-16-7-3-4-14(16)8-9-17-10-12-18(13-11-17)15-5-1-2-6-15/h14-15H,1-13H2. The number of ketones is 1. The summed E-state index contributed by atoms with van der Waals surface area (Å²) in [5.74, 6) is 0.928. The second-order valence-electron chi connectivity index (χ2n) is 6.66. The zero-order chi connectivity index (χ0) is 13.1. The molecule has 0 bridgehead atoms. The van der Waals surface area contributed by atoms with Gasteiger partial charge >= 0.3 is 0 Å². The lowest BCUT2D eigenvalue weighted by atomic mass is 10.0. The number of piperazine rings is 1. The van der Waals surface area contributed by atoms with Gasteiger partial charge < -0.3 is 4.90 Å². The molecular weight excluding hydrogens is 236 g/mol. The van der Waals surface area contributed by atoms with Crippen molar-refractivity contribution in [2.75, 3.05) is 32.7 Å². The van der Waals surface area contributed by atoms with Gasteiger partial charge in [0.1, 0.15) is 5.78 Å². The molecule has 1 saturated heterocycles. The molecule has 0 aromatic heterocycles. The predicted molar refractivity (Wildman–Crippen MR) is 77.2 cm³/mol. The molecule has 3 heteroatoms. The minimum atomic E-state index is 0.396. The van der Waals surface area contributed by atoms with Gasteiger partial charge in [-0.15, -0.1) is 0 Å². The molecule has 2 aliphatic carbocycles. The number of carbonyl (C=O) groups is 1. The minimum Gasteiger partial charge on any atom is -0.301 e. The third-order valence-electron chi connectivity index (χ3n) is 5.47. The van der Waals surface area contributed by atoms with Gasteiger partial charge in [-0.3, -0.25) is 9.69 Å². The number of rotatable bonds is 4. The molecule has 0 N–H and O–H groups in total. The molecule has 3 fully saturated rings. The maximum Gasteiger partial charge on any atom is 0.136 e. The number of carbonyl (C=O) groups excluding carboxylic acids is 1. The SMILES string of the molecule is O=C1CCCC1CCN1CCN(C2CCCC2)CC1. The van der Waals surface area contributed by atoms with E-state index in [0.717, 1.165) is 38.3 Å². The normalized spacial score (nSPS) is 31.4. The van der Waals surface area contributed by atoms with Crippen LogP contribution in [0.15, 0.2) is 0 Å². The van der Waals surface area contributed by atoms with E-state index in [9.17, 15) is 4.79 Å². The Morgan fingerprint density at radius 2 is 1.68 bits per heavy atom. The number of hydrogen-bond donors (Lipinski definition) is 0. The largest absolute Gasteiger partial charge is 0.301 e. The fraction of sp³-hybridized carbons (Fsp3) is 0.938. The molecule has 108 valence electrons. The third-order valence-corrected chi connectivity index (χ3v) is 5.47. The van der Waals surface area contributed by atoms with Crippen molar-refractivity contribution in [1.82, 2.24) is 9.80 Å². The maximum absolute atomic E-state index is 11.6. The van der Waals surface area contributed by atoms with E-state index in [2.05, 4.69) is 9.80 Å².